The van der Waals surface area contributed by atoms with Crippen molar-refractivity contribution in [3.05, 3.63) is 107 Å². The highest BCUT2D eigenvalue weighted by molar-refractivity contribution is 7.17. The number of hydrogen-bond donors (Lipinski definition) is 0. The number of carbonyl (C=O) groups is 1. The lowest BCUT2D eigenvalue weighted by Crippen LogP contribution is -2.29. The first-order valence-electron chi connectivity index (χ1n) is 9.09. The van der Waals surface area contributed by atoms with Gasteiger partial charge in [0.25, 0.3) is 0 Å². The topological polar surface area (TPSA) is 20.3 Å². The molecule has 0 saturated heterocycles. The van der Waals surface area contributed by atoms with Crippen LogP contribution in [0.3, 0.4) is 0 Å². The van der Waals surface area contributed by atoms with Crippen molar-refractivity contribution >= 4 is 27.2 Å². The van der Waals surface area contributed by atoms with Crippen molar-refractivity contribution in [3.8, 4) is 0 Å². The van der Waals surface area contributed by atoms with Gasteiger partial charge in [-0.2, -0.15) is 0 Å². The molecule has 1 heterocycles. The van der Waals surface area contributed by atoms with Crippen molar-refractivity contribution in [2.24, 2.45) is 0 Å². The number of ketones is 1. The Balaban J connectivity index is 1.57. The molecule has 4 rings (SSSR count). The number of thiophene rings is 1. The number of nitrogens with zero attached hydrogens (tertiary/aromatic N) is 1. The number of carbonyl (C=O) groups excluding carboxylic acids is 1. The highest BCUT2D eigenvalue weighted by atomic mass is 32.1. The lowest BCUT2D eigenvalue weighted by atomic mass is 10.1. The summed E-state index contributed by atoms with van der Waals surface area (Å²) < 4.78 is 1.17. The Morgan fingerprint density at radius 3 is 1.93 bits per heavy atom. The Kier molecular flexibility index (Phi) is 5.42. The molecular weight excluding hydrogens is 350 g/mol. The molecule has 0 aliphatic heterocycles. The minimum Gasteiger partial charge on any atom is -0.293 e. The van der Waals surface area contributed by atoms with Gasteiger partial charge in [-0.25, -0.2) is 0 Å². The fourth-order valence-corrected chi connectivity index (χ4v) is 4.30. The maximum atomic E-state index is 13.1. The first kappa shape index (κ1) is 17.7. The van der Waals surface area contributed by atoms with Gasteiger partial charge in [-0.3, -0.25) is 9.69 Å². The van der Waals surface area contributed by atoms with Crippen molar-refractivity contribution < 1.29 is 4.79 Å². The van der Waals surface area contributed by atoms with Crippen molar-refractivity contribution in [2.75, 3.05) is 6.54 Å². The van der Waals surface area contributed by atoms with E-state index in [0.29, 0.717) is 6.54 Å². The van der Waals surface area contributed by atoms with Crippen molar-refractivity contribution in [3.63, 3.8) is 0 Å². The van der Waals surface area contributed by atoms with Crippen LogP contribution in [0.15, 0.2) is 90.3 Å². The molecule has 2 nitrogen and oxygen atoms in total. The second kappa shape index (κ2) is 8.30. The fraction of sp³-hybridized carbons (Fsp3) is 0.125. The highest BCUT2D eigenvalue weighted by Gasteiger charge is 2.17. The highest BCUT2D eigenvalue weighted by Crippen LogP contribution is 2.26. The summed E-state index contributed by atoms with van der Waals surface area (Å²) in [4.78, 5) is 15.3. The van der Waals surface area contributed by atoms with Gasteiger partial charge in [0.1, 0.15) is 0 Å². The molecule has 3 aromatic carbocycles. The fourth-order valence-electron chi connectivity index (χ4n) is 3.33. The molecule has 0 aliphatic rings. The molecule has 1 aromatic heterocycles. The molecule has 0 amide bonds. The van der Waals surface area contributed by atoms with Crippen LogP contribution in [0.4, 0.5) is 0 Å². The van der Waals surface area contributed by atoms with Crippen LogP contribution >= 0.6 is 11.3 Å². The van der Waals surface area contributed by atoms with E-state index in [0.717, 1.165) is 24.0 Å². The Labute approximate surface area is 163 Å². The van der Waals surface area contributed by atoms with Gasteiger partial charge in [0.05, 0.1) is 6.54 Å². The second-order valence-corrected chi connectivity index (χ2v) is 7.60. The summed E-state index contributed by atoms with van der Waals surface area (Å²) in [5.74, 6) is 0.180. The van der Waals surface area contributed by atoms with Crippen LogP contribution in [0.5, 0.6) is 0 Å². The van der Waals surface area contributed by atoms with Crippen LogP contribution in [0, 0.1) is 0 Å². The van der Waals surface area contributed by atoms with E-state index >= 15 is 0 Å². The summed E-state index contributed by atoms with van der Waals surface area (Å²) in [6.07, 6.45) is 0. The Hall–Kier alpha value is -2.75. The quantitative estimate of drug-likeness (QED) is 0.383. The maximum absolute atomic E-state index is 13.1. The van der Waals surface area contributed by atoms with Gasteiger partial charge in [-0.1, -0.05) is 78.9 Å². The lowest BCUT2D eigenvalue weighted by Gasteiger charge is -2.22. The molecule has 4 aromatic rings. The number of benzene rings is 3. The van der Waals surface area contributed by atoms with Crippen LogP contribution < -0.4 is 0 Å². The summed E-state index contributed by atoms with van der Waals surface area (Å²) in [7, 11) is 0. The van der Waals surface area contributed by atoms with Gasteiger partial charge in [0.2, 0.25) is 0 Å². The third kappa shape index (κ3) is 4.33. The third-order valence-electron chi connectivity index (χ3n) is 4.65. The number of Topliss-reactive ketones (excluding diaryl/α,β-unsaturated/α-hetero) is 1. The monoisotopic (exact) mass is 371 g/mol. The largest absolute Gasteiger partial charge is 0.293 e. The van der Waals surface area contributed by atoms with Crippen LogP contribution in [-0.4, -0.2) is 17.2 Å². The lowest BCUT2D eigenvalue weighted by molar-refractivity contribution is 0.0922. The van der Waals surface area contributed by atoms with Crippen LogP contribution in [0.1, 0.15) is 21.5 Å². The Bertz CT molecular complexity index is 982. The molecule has 0 bridgehead atoms. The van der Waals surface area contributed by atoms with E-state index in [1.54, 1.807) is 11.3 Å². The summed E-state index contributed by atoms with van der Waals surface area (Å²) in [5.41, 5.74) is 3.27. The molecular formula is C24H21NOS. The molecule has 0 saturated carbocycles. The Morgan fingerprint density at radius 2 is 1.30 bits per heavy atom. The SMILES string of the molecule is O=C(CN(Cc1ccccc1)Cc1ccccc1)c1csc2ccccc12. The number of hydrogen-bond acceptors (Lipinski definition) is 3. The van der Waals surface area contributed by atoms with E-state index < -0.39 is 0 Å². The normalized spacial score (nSPS) is 11.1. The third-order valence-corrected chi connectivity index (χ3v) is 5.61. The number of fused-ring (bicyclic) bond motifs is 1. The molecule has 134 valence electrons. The molecule has 0 spiro atoms. The zero-order valence-corrected chi connectivity index (χ0v) is 15.9. The summed E-state index contributed by atoms with van der Waals surface area (Å²) in [6.45, 7) is 1.91. The van der Waals surface area contributed by atoms with E-state index in [1.807, 2.05) is 60.0 Å². The van der Waals surface area contributed by atoms with Crippen LogP contribution in [-0.2, 0) is 13.1 Å². The molecule has 0 aliphatic carbocycles. The average Bonchev–Trinajstić information content (AvgIpc) is 3.14. The van der Waals surface area contributed by atoms with Gasteiger partial charge in [-0.05, 0) is 17.2 Å². The standard InChI is InChI=1S/C24H21NOS/c26-23(22-18-27-24-14-8-7-13-21(22)24)17-25(15-19-9-3-1-4-10-19)16-20-11-5-2-6-12-20/h1-14,18H,15-17H2. The van der Waals surface area contributed by atoms with E-state index in [9.17, 15) is 4.79 Å². The van der Waals surface area contributed by atoms with Gasteiger partial charge in [0.15, 0.2) is 5.78 Å². The predicted octanol–water partition coefficient (Wildman–Crippen LogP) is 5.79. The van der Waals surface area contributed by atoms with E-state index in [1.165, 1.54) is 15.8 Å². The summed E-state index contributed by atoms with van der Waals surface area (Å²) in [6, 6.07) is 28.8. The molecule has 0 radical (unpaired) electrons. The van der Waals surface area contributed by atoms with Crippen LogP contribution in [0.25, 0.3) is 10.1 Å². The Morgan fingerprint density at radius 1 is 0.741 bits per heavy atom. The van der Waals surface area contributed by atoms with E-state index in [-0.39, 0.29) is 5.78 Å². The average molecular weight is 372 g/mol. The predicted molar refractivity (Wildman–Crippen MR) is 113 cm³/mol. The molecule has 0 atom stereocenters. The van der Waals surface area contributed by atoms with Gasteiger partial charge in [-0.15, -0.1) is 11.3 Å². The first-order valence-corrected chi connectivity index (χ1v) is 9.97. The minimum atomic E-state index is 0.180. The van der Waals surface area contributed by atoms with Crippen molar-refractivity contribution in [1.29, 1.82) is 0 Å². The van der Waals surface area contributed by atoms with Crippen LogP contribution in [0.2, 0.25) is 0 Å². The van der Waals surface area contributed by atoms with Crippen molar-refractivity contribution in [2.45, 2.75) is 13.1 Å². The smallest absolute Gasteiger partial charge is 0.178 e. The molecule has 3 heteroatoms. The molecule has 27 heavy (non-hydrogen) atoms. The van der Waals surface area contributed by atoms with Crippen molar-refractivity contribution in [1.82, 2.24) is 4.90 Å². The second-order valence-electron chi connectivity index (χ2n) is 6.69. The van der Waals surface area contributed by atoms with Gasteiger partial charge in [0, 0.05) is 34.1 Å². The summed E-state index contributed by atoms with van der Waals surface area (Å²) in [5, 5.41) is 3.06. The molecule has 0 unspecified atom stereocenters. The maximum Gasteiger partial charge on any atom is 0.178 e. The zero-order valence-electron chi connectivity index (χ0n) is 15.0. The first-order chi connectivity index (χ1) is 13.3. The minimum absolute atomic E-state index is 0.180. The van der Waals surface area contributed by atoms with E-state index in [2.05, 4.69) is 35.2 Å². The summed E-state index contributed by atoms with van der Waals surface area (Å²) >= 11 is 1.64. The van der Waals surface area contributed by atoms with E-state index in [4.69, 9.17) is 0 Å². The van der Waals surface area contributed by atoms with Gasteiger partial charge < -0.3 is 0 Å². The number of rotatable bonds is 7. The molecule has 0 fully saturated rings. The van der Waals surface area contributed by atoms with Gasteiger partial charge >= 0.3 is 0 Å². The zero-order chi connectivity index (χ0) is 18.5. The molecule has 0 N–H and O–H groups in total.